The fourth-order valence-corrected chi connectivity index (χ4v) is 1.63. The van der Waals surface area contributed by atoms with Crippen LogP contribution < -0.4 is 5.73 Å². The highest BCUT2D eigenvalue weighted by atomic mass is 19.4. The number of fused-ring (bicyclic) bond motifs is 1. The lowest BCUT2D eigenvalue weighted by molar-refractivity contribution is -0.137. The summed E-state index contributed by atoms with van der Waals surface area (Å²) in [5.41, 5.74) is 6.29. The van der Waals surface area contributed by atoms with Gasteiger partial charge in [-0.1, -0.05) is 6.07 Å². The van der Waals surface area contributed by atoms with Gasteiger partial charge >= 0.3 is 6.18 Å². The van der Waals surface area contributed by atoms with Gasteiger partial charge in [-0.15, -0.1) is 0 Å². The molecule has 1 aromatic rings. The van der Waals surface area contributed by atoms with E-state index in [1.807, 2.05) is 0 Å². The third-order valence-electron chi connectivity index (χ3n) is 2.43. The molecule has 1 aliphatic heterocycles. The molecule has 82 valence electrons. The van der Waals surface area contributed by atoms with E-state index in [1.54, 1.807) is 0 Å². The zero-order chi connectivity index (χ0) is 11.1. The summed E-state index contributed by atoms with van der Waals surface area (Å²) >= 11 is 0. The SMILES string of the molecule is N[C@H]1COCc2ccc(C(F)(F)F)cc21. The summed E-state index contributed by atoms with van der Waals surface area (Å²) in [6.45, 7) is 0.607. The van der Waals surface area contributed by atoms with Crippen molar-refractivity contribution < 1.29 is 17.9 Å². The van der Waals surface area contributed by atoms with E-state index in [9.17, 15) is 13.2 Å². The molecule has 2 rings (SSSR count). The molecule has 1 heterocycles. The van der Waals surface area contributed by atoms with Crippen LogP contribution in [-0.4, -0.2) is 6.61 Å². The summed E-state index contributed by atoms with van der Waals surface area (Å²) in [7, 11) is 0. The van der Waals surface area contributed by atoms with Gasteiger partial charge in [0.2, 0.25) is 0 Å². The van der Waals surface area contributed by atoms with Crippen molar-refractivity contribution in [2.24, 2.45) is 5.73 Å². The Morgan fingerprint density at radius 1 is 1.33 bits per heavy atom. The minimum absolute atomic E-state index is 0.272. The van der Waals surface area contributed by atoms with E-state index in [0.717, 1.165) is 17.7 Å². The average molecular weight is 217 g/mol. The van der Waals surface area contributed by atoms with E-state index in [0.29, 0.717) is 12.2 Å². The third kappa shape index (κ3) is 1.98. The van der Waals surface area contributed by atoms with Gasteiger partial charge in [-0.05, 0) is 23.3 Å². The largest absolute Gasteiger partial charge is 0.416 e. The lowest BCUT2D eigenvalue weighted by atomic mass is 9.97. The highest BCUT2D eigenvalue weighted by Gasteiger charge is 2.32. The molecule has 0 aromatic heterocycles. The molecule has 0 saturated heterocycles. The minimum Gasteiger partial charge on any atom is -0.375 e. The smallest absolute Gasteiger partial charge is 0.375 e. The summed E-state index contributed by atoms with van der Waals surface area (Å²) in [5, 5.41) is 0. The fourth-order valence-electron chi connectivity index (χ4n) is 1.63. The van der Waals surface area contributed by atoms with Crippen LogP contribution in [0.15, 0.2) is 18.2 Å². The second kappa shape index (κ2) is 3.50. The van der Waals surface area contributed by atoms with Gasteiger partial charge in [-0.3, -0.25) is 0 Å². The molecule has 0 spiro atoms. The quantitative estimate of drug-likeness (QED) is 0.723. The molecule has 0 fully saturated rings. The Hall–Kier alpha value is -1.07. The predicted octanol–water partition coefficient (Wildman–Crippen LogP) is 2.24. The number of alkyl halides is 3. The molecular formula is C10H10F3NO. The van der Waals surface area contributed by atoms with Gasteiger partial charge in [0.25, 0.3) is 0 Å². The van der Waals surface area contributed by atoms with Gasteiger partial charge in [0, 0.05) is 0 Å². The number of ether oxygens (including phenoxy) is 1. The van der Waals surface area contributed by atoms with Crippen molar-refractivity contribution in [1.82, 2.24) is 0 Å². The lowest BCUT2D eigenvalue weighted by Gasteiger charge is -2.23. The molecule has 1 aliphatic rings. The van der Waals surface area contributed by atoms with Crippen LogP contribution in [0.3, 0.4) is 0 Å². The highest BCUT2D eigenvalue weighted by molar-refractivity contribution is 5.36. The Morgan fingerprint density at radius 2 is 2.07 bits per heavy atom. The van der Waals surface area contributed by atoms with Crippen molar-refractivity contribution >= 4 is 0 Å². The maximum absolute atomic E-state index is 12.4. The van der Waals surface area contributed by atoms with Gasteiger partial charge in [0.05, 0.1) is 24.8 Å². The third-order valence-corrected chi connectivity index (χ3v) is 2.43. The Bertz CT molecular complexity index is 375. The number of halogens is 3. The number of nitrogens with two attached hydrogens (primary N) is 1. The van der Waals surface area contributed by atoms with Crippen molar-refractivity contribution in [3.63, 3.8) is 0 Å². The van der Waals surface area contributed by atoms with Gasteiger partial charge in [0.15, 0.2) is 0 Å². The normalized spacial score (nSPS) is 21.2. The van der Waals surface area contributed by atoms with Crippen molar-refractivity contribution in [1.29, 1.82) is 0 Å². The first-order valence-corrected chi connectivity index (χ1v) is 4.52. The molecule has 0 saturated carbocycles. The van der Waals surface area contributed by atoms with Gasteiger partial charge < -0.3 is 10.5 Å². The first-order valence-electron chi connectivity index (χ1n) is 4.52. The minimum atomic E-state index is -4.31. The molecular weight excluding hydrogens is 207 g/mol. The van der Waals surface area contributed by atoms with Crippen LogP contribution in [0.2, 0.25) is 0 Å². The second-order valence-corrected chi connectivity index (χ2v) is 3.53. The zero-order valence-corrected chi connectivity index (χ0v) is 7.84. The Morgan fingerprint density at radius 3 is 2.73 bits per heavy atom. The molecule has 0 bridgehead atoms. The first-order chi connectivity index (χ1) is 6.98. The van der Waals surface area contributed by atoms with Crippen molar-refractivity contribution in [3.05, 3.63) is 34.9 Å². The van der Waals surface area contributed by atoms with Crippen LogP contribution in [0.4, 0.5) is 13.2 Å². The molecule has 5 heteroatoms. The van der Waals surface area contributed by atoms with E-state index in [-0.39, 0.29) is 6.61 Å². The van der Waals surface area contributed by atoms with Crippen molar-refractivity contribution in [2.45, 2.75) is 18.8 Å². The highest BCUT2D eigenvalue weighted by Crippen LogP contribution is 2.33. The fraction of sp³-hybridized carbons (Fsp3) is 0.400. The summed E-state index contributed by atoms with van der Waals surface area (Å²) in [5.74, 6) is 0. The summed E-state index contributed by atoms with van der Waals surface area (Å²) < 4.78 is 42.4. The molecule has 15 heavy (non-hydrogen) atoms. The van der Waals surface area contributed by atoms with E-state index in [4.69, 9.17) is 10.5 Å². The number of rotatable bonds is 0. The molecule has 1 atom stereocenters. The standard InChI is InChI=1S/C10H10F3NO/c11-10(12,13)7-2-1-6-4-15-5-9(14)8(6)3-7/h1-3,9H,4-5,14H2/t9-/m0/s1. The van der Waals surface area contributed by atoms with Gasteiger partial charge in [0.1, 0.15) is 0 Å². The Kier molecular flexibility index (Phi) is 2.44. The van der Waals surface area contributed by atoms with E-state index in [2.05, 4.69) is 0 Å². The summed E-state index contributed by atoms with van der Waals surface area (Å²) in [6, 6.07) is 3.14. The van der Waals surface area contributed by atoms with Crippen LogP contribution in [0, 0.1) is 0 Å². The van der Waals surface area contributed by atoms with Crippen LogP contribution in [0.5, 0.6) is 0 Å². The van der Waals surface area contributed by atoms with Crippen molar-refractivity contribution in [3.8, 4) is 0 Å². The topological polar surface area (TPSA) is 35.2 Å². The van der Waals surface area contributed by atoms with Crippen LogP contribution >= 0.6 is 0 Å². The lowest BCUT2D eigenvalue weighted by Crippen LogP contribution is -2.24. The van der Waals surface area contributed by atoms with Gasteiger partial charge in [-0.25, -0.2) is 0 Å². The average Bonchev–Trinajstić information content (AvgIpc) is 2.16. The van der Waals surface area contributed by atoms with Crippen LogP contribution in [-0.2, 0) is 17.5 Å². The second-order valence-electron chi connectivity index (χ2n) is 3.53. The number of hydrogen-bond donors (Lipinski definition) is 1. The summed E-state index contributed by atoms with van der Waals surface area (Å²) in [4.78, 5) is 0. The van der Waals surface area contributed by atoms with E-state index >= 15 is 0 Å². The monoisotopic (exact) mass is 217 g/mol. The molecule has 0 aliphatic carbocycles. The predicted molar refractivity (Wildman–Crippen MR) is 48.0 cm³/mol. The molecule has 0 unspecified atom stereocenters. The maximum Gasteiger partial charge on any atom is 0.416 e. The Balaban J connectivity index is 2.44. The van der Waals surface area contributed by atoms with Gasteiger partial charge in [-0.2, -0.15) is 13.2 Å². The number of benzene rings is 1. The van der Waals surface area contributed by atoms with Crippen LogP contribution in [0.1, 0.15) is 22.7 Å². The first kappa shape index (κ1) is 10.4. The van der Waals surface area contributed by atoms with Crippen molar-refractivity contribution in [2.75, 3.05) is 6.61 Å². The molecule has 2 nitrogen and oxygen atoms in total. The number of hydrogen-bond acceptors (Lipinski definition) is 2. The Labute approximate surface area is 84.8 Å². The van der Waals surface area contributed by atoms with E-state index in [1.165, 1.54) is 6.07 Å². The zero-order valence-electron chi connectivity index (χ0n) is 7.84. The molecule has 0 radical (unpaired) electrons. The van der Waals surface area contributed by atoms with Crippen LogP contribution in [0.25, 0.3) is 0 Å². The van der Waals surface area contributed by atoms with E-state index < -0.39 is 17.8 Å². The molecule has 1 aromatic carbocycles. The molecule has 2 N–H and O–H groups in total. The summed E-state index contributed by atoms with van der Waals surface area (Å²) in [6.07, 6.45) is -4.31. The maximum atomic E-state index is 12.4. The molecule has 0 amide bonds.